The van der Waals surface area contributed by atoms with Crippen LogP contribution in [0, 0.1) is 0 Å². The molecule has 0 aliphatic carbocycles. The molecule has 2 rings (SSSR count). The van der Waals surface area contributed by atoms with Gasteiger partial charge in [-0.3, -0.25) is 4.98 Å². The number of aliphatic hydroxyl groups excluding tert-OH is 1. The molecule has 4 nitrogen and oxygen atoms in total. The fraction of sp³-hybridized carbons (Fsp3) is 0.214. The van der Waals surface area contributed by atoms with E-state index >= 15 is 0 Å². The van der Waals surface area contributed by atoms with Gasteiger partial charge in [-0.1, -0.05) is 12.1 Å². The fourth-order valence-corrected chi connectivity index (χ4v) is 1.62. The lowest BCUT2D eigenvalue weighted by Crippen LogP contribution is -2.05. The van der Waals surface area contributed by atoms with Crippen molar-refractivity contribution in [1.82, 2.24) is 10.3 Å². The number of pyridine rings is 1. The molecular formula is C14H16N2O2. The fourth-order valence-electron chi connectivity index (χ4n) is 1.62. The van der Waals surface area contributed by atoms with Crippen molar-refractivity contribution >= 4 is 0 Å². The third-order valence-electron chi connectivity index (χ3n) is 2.49. The van der Waals surface area contributed by atoms with E-state index in [0.717, 1.165) is 23.4 Å². The quantitative estimate of drug-likeness (QED) is 0.845. The van der Waals surface area contributed by atoms with E-state index < -0.39 is 0 Å². The zero-order chi connectivity index (χ0) is 12.8. The Morgan fingerprint density at radius 2 is 1.89 bits per heavy atom. The Bertz CT molecular complexity index is 497. The van der Waals surface area contributed by atoms with Crippen molar-refractivity contribution in [1.29, 1.82) is 0 Å². The van der Waals surface area contributed by atoms with E-state index in [-0.39, 0.29) is 6.61 Å². The van der Waals surface area contributed by atoms with Crippen LogP contribution in [0.3, 0.4) is 0 Å². The number of aromatic nitrogens is 1. The lowest BCUT2D eigenvalue weighted by molar-refractivity contribution is 0.281. The van der Waals surface area contributed by atoms with E-state index in [2.05, 4.69) is 10.3 Å². The third-order valence-corrected chi connectivity index (χ3v) is 2.49. The van der Waals surface area contributed by atoms with E-state index in [0.29, 0.717) is 5.75 Å². The van der Waals surface area contributed by atoms with E-state index in [4.69, 9.17) is 9.84 Å². The summed E-state index contributed by atoms with van der Waals surface area (Å²) in [5, 5.41) is 12.0. The summed E-state index contributed by atoms with van der Waals surface area (Å²) in [5.74, 6) is 1.44. The van der Waals surface area contributed by atoms with Crippen LogP contribution in [0.5, 0.6) is 11.5 Å². The maximum Gasteiger partial charge on any atom is 0.146 e. The summed E-state index contributed by atoms with van der Waals surface area (Å²) in [6.45, 7) is 0.799. The molecule has 0 radical (unpaired) electrons. The van der Waals surface area contributed by atoms with Gasteiger partial charge in [0, 0.05) is 12.7 Å². The Labute approximate surface area is 106 Å². The minimum atomic E-state index is 0.0412. The predicted molar refractivity (Wildman–Crippen MR) is 69.4 cm³/mol. The summed E-state index contributed by atoms with van der Waals surface area (Å²) in [7, 11) is 1.89. The zero-order valence-corrected chi connectivity index (χ0v) is 10.3. The van der Waals surface area contributed by atoms with E-state index in [1.165, 1.54) is 0 Å². The Morgan fingerprint density at radius 1 is 1.11 bits per heavy atom. The second-order valence-electron chi connectivity index (χ2n) is 3.96. The highest BCUT2D eigenvalue weighted by molar-refractivity contribution is 5.33. The van der Waals surface area contributed by atoms with Gasteiger partial charge in [0.1, 0.15) is 11.5 Å². The number of nitrogens with zero attached hydrogens (tertiary/aromatic N) is 1. The predicted octanol–water partition coefficient (Wildman–Crippen LogP) is 2.09. The highest BCUT2D eigenvalue weighted by Crippen LogP contribution is 2.21. The number of benzene rings is 1. The van der Waals surface area contributed by atoms with Crippen LogP contribution in [0.4, 0.5) is 0 Å². The summed E-state index contributed by atoms with van der Waals surface area (Å²) < 4.78 is 5.69. The number of hydrogen-bond donors (Lipinski definition) is 2. The molecular weight excluding hydrogens is 228 g/mol. The van der Waals surface area contributed by atoms with E-state index in [1.54, 1.807) is 12.4 Å². The number of rotatable bonds is 5. The average molecular weight is 244 g/mol. The Kier molecular flexibility index (Phi) is 4.28. The van der Waals surface area contributed by atoms with Gasteiger partial charge in [0.2, 0.25) is 0 Å². The molecule has 0 amide bonds. The largest absolute Gasteiger partial charge is 0.456 e. The van der Waals surface area contributed by atoms with Crippen LogP contribution in [0.1, 0.15) is 11.1 Å². The normalized spacial score (nSPS) is 10.3. The first-order valence-electron chi connectivity index (χ1n) is 5.78. The van der Waals surface area contributed by atoms with Crippen molar-refractivity contribution < 1.29 is 9.84 Å². The van der Waals surface area contributed by atoms with Gasteiger partial charge >= 0.3 is 0 Å². The van der Waals surface area contributed by atoms with Gasteiger partial charge in [-0.25, -0.2) is 0 Å². The number of aliphatic hydroxyl groups is 1. The molecule has 1 aromatic carbocycles. The van der Waals surface area contributed by atoms with Crippen LogP contribution in [0.15, 0.2) is 42.7 Å². The summed E-state index contributed by atoms with van der Waals surface area (Å²) in [6.07, 6.45) is 3.48. The first kappa shape index (κ1) is 12.5. The summed E-state index contributed by atoms with van der Waals surface area (Å²) in [5.41, 5.74) is 1.94. The number of nitrogens with one attached hydrogen (secondary N) is 1. The zero-order valence-electron chi connectivity index (χ0n) is 10.3. The molecule has 0 unspecified atom stereocenters. The lowest BCUT2D eigenvalue weighted by Gasteiger charge is -2.07. The van der Waals surface area contributed by atoms with Gasteiger partial charge in [0.25, 0.3) is 0 Å². The molecule has 1 aromatic heterocycles. The SMILES string of the molecule is CNCc1cncc(Oc2ccc(CO)cc2)c1. The van der Waals surface area contributed by atoms with Crippen LogP contribution in [-0.2, 0) is 13.2 Å². The highest BCUT2D eigenvalue weighted by Gasteiger charge is 2.00. The Balaban J connectivity index is 2.09. The van der Waals surface area contributed by atoms with Crippen molar-refractivity contribution in [3.8, 4) is 11.5 Å². The van der Waals surface area contributed by atoms with Gasteiger partial charge in [0.15, 0.2) is 0 Å². The van der Waals surface area contributed by atoms with Crippen molar-refractivity contribution in [2.75, 3.05) is 7.05 Å². The third kappa shape index (κ3) is 3.29. The van der Waals surface area contributed by atoms with Crippen LogP contribution >= 0.6 is 0 Å². The molecule has 0 atom stereocenters. The smallest absolute Gasteiger partial charge is 0.146 e. The second-order valence-corrected chi connectivity index (χ2v) is 3.96. The number of hydrogen-bond acceptors (Lipinski definition) is 4. The van der Waals surface area contributed by atoms with Crippen molar-refractivity contribution in [2.24, 2.45) is 0 Å². The lowest BCUT2D eigenvalue weighted by atomic mass is 10.2. The van der Waals surface area contributed by atoms with Gasteiger partial charge in [-0.2, -0.15) is 0 Å². The molecule has 0 aliphatic rings. The average Bonchev–Trinajstić information content (AvgIpc) is 2.40. The molecule has 0 aliphatic heterocycles. The molecule has 0 saturated carbocycles. The molecule has 1 heterocycles. The molecule has 0 bridgehead atoms. The summed E-state index contributed by atoms with van der Waals surface area (Å²) >= 11 is 0. The van der Waals surface area contributed by atoms with Crippen molar-refractivity contribution in [3.05, 3.63) is 53.9 Å². The van der Waals surface area contributed by atoms with Crippen LogP contribution in [-0.4, -0.2) is 17.1 Å². The van der Waals surface area contributed by atoms with Gasteiger partial charge < -0.3 is 15.2 Å². The molecule has 2 N–H and O–H groups in total. The van der Waals surface area contributed by atoms with Crippen LogP contribution < -0.4 is 10.1 Å². The van der Waals surface area contributed by atoms with Crippen molar-refractivity contribution in [2.45, 2.75) is 13.2 Å². The standard InChI is InChI=1S/C14H16N2O2/c1-15-7-12-6-14(9-16-8-12)18-13-4-2-11(10-17)3-5-13/h2-6,8-9,15,17H,7,10H2,1H3. The van der Waals surface area contributed by atoms with Gasteiger partial charge in [-0.05, 0) is 36.4 Å². The van der Waals surface area contributed by atoms with E-state index in [9.17, 15) is 0 Å². The van der Waals surface area contributed by atoms with Crippen LogP contribution in [0.25, 0.3) is 0 Å². The minimum Gasteiger partial charge on any atom is -0.456 e. The first-order valence-corrected chi connectivity index (χ1v) is 5.78. The first-order chi connectivity index (χ1) is 8.81. The van der Waals surface area contributed by atoms with Gasteiger partial charge in [0.05, 0.1) is 12.8 Å². The Hall–Kier alpha value is -1.91. The summed E-state index contributed by atoms with van der Waals surface area (Å²) in [6, 6.07) is 9.27. The second kappa shape index (κ2) is 6.14. The van der Waals surface area contributed by atoms with Crippen molar-refractivity contribution in [3.63, 3.8) is 0 Å². The summed E-state index contributed by atoms with van der Waals surface area (Å²) in [4.78, 5) is 4.13. The molecule has 18 heavy (non-hydrogen) atoms. The number of ether oxygens (including phenoxy) is 1. The maximum absolute atomic E-state index is 8.96. The van der Waals surface area contributed by atoms with E-state index in [1.807, 2.05) is 37.4 Å². The molecule has 94 valence electrons. The monoisotopic (exact) mass is 244 g/mol. The maximum atomic E-state index is 8.96. The topological polar surface area (TPSA) is 54.4 Å². The molecule has 2 aromatic rings. The minimum absolute atomic E-state index is 0.0412. The Morgan fingerprint density at radius 3 is 2.56 bits per heavy atom. The molecule has 0 fully saturated rings. The highest BCUT2D eigenvalue weighted by atomic mass is 16.5. The molecule has 0 spiro atoms. The molecule has 4 heteroatoms. The van der Waals surface area contributed by atoms with Crippen LogP contribution in [0.2, 0.25) is 0 Å². The molecule has 0 saturated heterocycles. The van der Waals surface area contributed by atoms with Gasteiger partial charge in [-0.15, -0.1) is 0 Å².